The van der Waals surface area contributed by atoms with Crippen LogP contribution in [0.2, 0.25) is 0 Å². The zero-order chi connectivity index (χ0) is 32.6. The van der Waals surface area contributed by atoms with E-state index in [2.05, 4.69) is 4.74 Å². The van der Waals surface area contributed by atoms with Crippen LogP contribution in [0.3, 0.4) is 0 Å². The van der Waals surface area contributed by atoms with Gasteiger partial charge in [-0.1, -0.05) is 0 Å². The highest BCUT2D eigenvalue weighted by atomic mass is 32.2. The van der Waals surface area contributed by atoms with Gasteiger partial charge in [-0.15, -0.1) is 0 Å². The predicted octanol–water partition coefficient (Wildman–Crippen LogP) is 4.67. The van der Waals surface area contributed by atoms with Crippen LogP contribution in [0.5, 0.6) is 11.5 Å². The van der Waals surface area contributed by atoms with Gasteiger partial charge in [0, 0.05) is 6.07 Å². The maximum Gasteiger partial charge on any atom is 0.458 e. The first-order valence-corrected chi connectivity index (χ1v) is 10.2. The lowest BCUT2D eigenvalue weighted by Crippen LogP contribution is -2.91. The zero-order valence-electron chi connectivity index (χ0n) is 17.6. The quantitative estimate of drug-likeness (QED) is 0.200. The van der Waals surface area contributed by atoms with Crippen molar-refractivity contribution in [2.45, 2.75) is 58.5 Å². The molecule has 234 valence electrons. The second-order valence-corrected chi connectivity index (χ2v) is 8.79. The molecule has 0 aromatic heterocycles. The Hall–Kier alpha value is -2.54. The molecule has 0 aliphatic heterocycles. The highest BCUT2D eigenvalue weighted by molar-refractivity contribution is 7.85. The number of benzene rings is 1. The minimum Gasteiger partial charge on any atom is -0.504 e. The molecule has 0 saturated carbocycles. The van der Waals surface area contributed by atoms with Gasteiger partial charge < -0.3 is 20.1 Å². The molecule has 1 aromatic carbocycles. The van der Waals surface area contributed by atoms with Gasteiger partial charge in [-0.2, -0.15) is 74.3 Å². The standard InChI is InChI=1S/C15H7F17O7S/c16-7(11(18,19)20,12(21,22)23)9(34,8(17,13(24,25)26)14(27,28)29)10(35,15(30,31)32)39-6-2-1-4(3-5(6)33)40(36,37)38/h1-3,33-35H,(H,36,37,38). The molecule has 0 aliphatic carbocycles. The summed E-state index contributed by atoms with van der Waals surface area (Å²) in [6, 6.07) is -1.61. The monoisotopic (exact) mass is 654 g/mol. The molecule has 1 aromatic rings. The van der Waals surface area contributed by atoms with Gasteiger partial charge in [0.05, 0.1) is 4.90 Å². The Morgan fingerprint density at radius 2 is 0.925 bits per heavy atom. The van der Waals surface area contributed by atoms with Crippen LogP contribution < -0.4 is 4.74 Å². The zero-order valence-corrected chi connectivity index (χ0v) is 18.4. The van der Waals surface area contributed by atoms with Gasteiger partial charge in [-0.3, -0.25) is 4.55 Å². The molecule has 0 heterocycles. The van der Waals surface area contributed by atoms with Crippen LogP contribution in [0.4, 0.5) is 74.6 Å². The summed E-state index contributed by atoms with van der Waals surface area (Å²) in [5.74, 6) is -13.2. The van der Waals surface area contributed by atoms with E-state index in [9.17, 15) is 98.4 Å². The third-order valence-electron chi connectivity index (χ3n) is 4.92. The van der Waals surface area contributed by atoms with Crippen LogP contribution in [0.15, 0.2) is 23.1 Å². The van der Waals surface area contributed by atoms with Gasteiger partial charge in [0.2, 0.25) is 5.60 Å². The SMILES string of the molecule is O=S(=O)(O)c1ccc(OC(O)(C(F)(F)F)C(O)(C(F)(C(F)(F)F)C(F)(F)F)C(F)(C(F)(F)F)C(F)(F)F)c(O)c1. The molecule has 0 bridgehead atoms. The number of phenolic OH excluding ortho intramolecular Hbond substituents is 1. The van der Waals surface area contributed by atoms with E-state index < -0.39 is 92.3 Å². The molecule has 1 unspecified atom stereocenters. The third kappa shape index (κ3) is 4.82. The molecule has 0 spiro atoms. The molecule has 25 heteroatoms. The number of alkyl halides is 17. The van der Waals surface area contributed by atoms with Gasteiger partial charge in [0.1, 0.15) is 0 Å². The highest BCUT2D eigenvalue weighted by Crippen LogP contribution is 2.68. The Labute approximate surface area is 207 Å². The van der Waals surface area contributed by atoms with E-state index in [1.165, 1.54) is 0 Å². The summed E-state index contributed by atoms with van der Waals surface area (Å²) in [4.78, 5) is -1.67. The van der Waals surface area contributed by atoms with E-state index in [1.807, 2.05) is 0 Å². The molecular formula is C15H7F17O7S. The number of ether oxygens (including phenoxy) is 1. The first kappa shape index (κ1) is 35.5. The summed E-state index contributed by atoms with van der Waals surface area (Å²) < 4.78 is 264. The van der Waals surface area contributed by atoms with Crippen molar-refractivity contribution in [2.75, 3.05) is 0 Å². The molecule has 1 rings (SSSR count). The van der Waals surface area contributed by atoms with E-state index in [0.29, 0.717) is 0 Å². The van der Waals surface area contributed by atoms with E-state index >= 15 is 0 Å². The Kier molecular flexibility index (Phi) is 8.19. The molecular weight excluding hydrogens is 647 g/mol. The number of aliphatic hydroxyl groups is 2. The second kappa shape index (κ2) is 9.23. The molecule has 0 amide bonds. The van der Waals surface area contributed by atoms with Crippen molar-refractivity contribution in [1.29, 1.82) is 0 Å². The fraction of sp³-hybridized carbons (Fsp3) is 0.600. The molecule has 0 fully saturated rings. The number of halogens is 17. The smallest absolute Gasteiger partial charge is 0.458 e. The van der Waals surface area contributed by atoms with Gasteiger partial charge in [0.15, 0.2) is 11.5 Å². The molecule has 0 saturated heterocycles. The molecule has 40 heavy (non-hydrogen) atoms. The van der Waals surface area contributed by atoms with Crippen LogP contribution in [0.1, 0.15) is 0 Å². The maximum absolute atomic E-state index is 14.8. The number of hydrogen-bond acceptors (Lipinski definition) is 6. The van der Waals surface area contributed by atoms with Crippen molar-refractivity contribution in [3.8, 4) is 11.5 Å². The van der Waals surface area contributed by atoms with Crippen LogP contribution in [0.25, 0.3) is 0 Å². The fourth-order valence-corrected chi connectivity index (χ4v) is 3.59. The summed E-state index contributed by atoms with van der Waals surface area (Å²) in [6.45, 7) is 0. The number of hydrogen-bond donors (Lipinski definition) is 4. The topological polar surface area (TPSA) is 124 Å². The molecule has 0 radical (unpaired) electrons. The second-order valence-electron chi connectivity index (χ2n) is 7.37. The Morgan fingerprint density at radius 3 is 1.15 bits per heavy atom. The summed E-state index contributed by atoms with van der Waals surface area (Å²) in [5, 5.41) is 28.7. The van der Waals surface area contributed by atoms with E-state index in [1.54, 1.807) is 0 Å². The average Bonchev–Trinajstić information content (AvgIpc) is 2.68. The number of rotatable bonds is 6. The average molecular weight is 654 g/mol. The van der Waals surface area contributed by atoms with E-state index in [4.69, 9.17) is 4.55 Å². The van der Waals surface area contributed by atoms with E-state index in [-0.39, 0.29) is 6.07 Å². The van der Waals surface area contributed by atoms with Gasteiger partial charge in [-0.25, -0.2) is 8.78 Å². The van der Waals surface area contributed by atoms with Crippen molar-refractivity contribution in [3.05, 3.63) is 18.2 Å². The molecule has 0 aliphatic rings. The Morgan fingerprint density at radius 1 is 0.600 bits per heavy atom. The molecule has 1 atom stereocenters. The lowest BCUT2D eigenvalue weighted by atomic mass is 9.65. The number of phenols is 1. The molecule has 7 nitrogen and oxygen atoms in total. The van der Waals surface area contributed by atoms with Crippen LogP contribution in [-0.2, 0) is 10.1 Å². The third-order valence-corrected chi connectivity index (χ3v) is 5.77. The first-order valence-electron chi connectivity index (χ1n) is 8.75. The van der Waals surface area contributed by atoms with Crippen LogP contribution in [-0.4, -0.2) is 81.9 Å². The Bertz CT molecular complexity index is 1150. The lowest BCUT2D eigenvalue weighted by Gasteiger charge is -2.55. The van der Waals surface area contributed by atoms with Crippen LogP contribution in [0, 0.1) is 0 Å². The fourth-order valence-electron chi connectivity index (χ4n) is 3.09. The van der Waals surface area contributed by atoms with Gasteiger partial charge in [-0.05, 0) is 12.1 Å². The van der Waals surface area contributed by atoms with Crippen molar-refractivity contribution < 1.29 is 108 Å². The maximum atomic E-state index is 14.8. The van der Waals surface area contributed by atoms with Crippen molar-refractivity contribution in [2.24, 2.45) is 0 Å². The van der Waals surface area contributed by atoms with Crippen LogP contribution >= 0.6 is 0 Å². The Balaban J connectivity index is 4.61. The van der Waals surface area contributed by atoms with Crippen molar-refractivity contribution >= 4 is 10.1 Å². The summed E-state index contributed by atoms with van der Waals surface area (Å²) in [5.41, 5.74) is -27.2. The van der Waals surface area contributed by atoms with Gasteiger partial charge >= 0.3 is 48.0 Å². The summed E-state index contributed by atoms with van der Waals surface area (Å²) in [6.07, 6.45) is -42.7. The summed E-state index contributed by atoms with van der Waals surface area (Å²) in [7, 11) is -5.53. The minimum atomic E-state index is -9.10. The lowest BCUT2D eigenvalue weighted by molar-refractivity contribution is -0.522. The molecule has 4 N–H and O–H groups in total. The first-order chi connectivity index (χ1) is 17.1. The van der Waals surface area contributed by atoms with E-state index in [0.717, 1.165) is 0 Å². The summed E-state index contributed by atoms with van der Waals surface area (Å²) >= 11 is 0. The normalized spacial score (nSPS) is 17.0. The van der Waals surface area contributed by atoms with Crippen molar-refractivity contribution in [3.63, 3.8) is 0 Å². The number of aromatic hydroxyl groups is 1. The predicted molar refractivity (Wildman–Crippen MR) is 86.4 cm³/mol. The highest BCUT2D eigenvalue weighted by Gasteiger charge is 3.03. The van der Waals surface area contributed by atoms with Crippen molar-refractivity contribution in [1.82, 2.24) is 0 Å². The largest absolute Gasteiger partial charge is 0.504 e. The van der Waals surface area contributed by atoms with Gasteiger partial charge in [0.25, 0.3) is 10.1 Å². The minimum absolute atomic E-state index is 0.355.